The Labute approximate surface area is 188 Å². The first-order valence-corrected chi connectivity index (χ1v) is 9.30. The molecular formula is C21H28IN3O4. The van der Waals surface area contributed by atoms with E-state index in [0.29, 0.717) is 6.54 Å². The second-order valence-corrected chi connectivity index (χ2v) is 6.53. The fraction of sp³-hybridized carbons (Fsp3) is 0.381. The molecule has 0 bridgehead atoms. The normalized spacial score (nSPS) is 13.4. The molecule has 0 spiro atoms. The van der Waals surface area contributed by atoms with Crippen LogP contribution in [0.15, 0.2) is 47.5 Å². The third kappa shape index (κ3) is 6.14. The quantitative estimate of drug-likeness (QED) is 0.337. The Morgan fingerprint density at radius 1 is 1.21 bits per heavy atom. The lowest BCUT2D eigenvalue weighted by molar-refractivity contribution is 0.174. The van der Waals surface area contributed by atoms with E-state index in [1.807, 2.05) is 61.3 Å². The molecule has 1 aliphatic heterocycles. The van der Waals surface area contributed by atoms with Crippen LogP contribution >= 0.6 is 24.0 Å². The van der Waals surface area contributed by atoms with E-state index in [9.17, 15) is 5.11 Å². The second-order valence-electron chi connectivity index (χ2n) is 6.53. The predicted octanol–water partition coefficient (Wildman–Crippen LogP) is 3.17. The van der Waals surface area contributed by atoms with Gasteiger partial charge in [-0.3, -0.25) is 4.99 Å². The number of hydrogen-bond acceptors (Lipinski definition) is 5. The number of benzene rings is 2. The van der Waals surface area contributed by atoms with Gasteiger partial charge < -0.3 is 29.5 Å². The first-order chi connectivity index (χ1) is 13.6. The van der Waals surface area contributed by atoms with Gasteiger partial charge in [0.05, 0.1) is 19.8 Å². The zero-order chi connectivity index (χ0) is 19.9. The molecule has 0 radical (unpaired) electrons. The Kier molecular flexibility index (Phi) is 8.84. The Balaban J connectivity index is 0.00000300. The SMILES string of the molecule is CCNC(=NCC(O)c1ccc(OC)cc1)N(C)Cc1ccc2c(c1)OCO2.I. The molecule has 3 rings (SSSR count). The van der Waals surface area contributed by atoms with Crippen LogP contribution in [0.3, 0.4) is 0 Å². The second kappa shape index (κ2) is 11.1. The molecule has 0 saturated carbocycles. The molecule has 2 N–H and O–H groups in total. The number of nitrogens with one attached hydrogen (secondary N) is 1. The van der Waals surface area contributed by atoms with Gasteiger partial charge in [0.2, 0.25) is 6.79 Å². The van der Waals surface area contributed by atoms with E-state index < -0.39 is 6.10 Å². The number of ether oxygens (including phenoxy) is 3. The van der Waals surface area contributed by atoms with Gasteiger partial charge in [-0.1, -0.05) is 18.2 Å². The van der Waals surface area contributed by atoms with Gasteiger partial charge in [0.25, 0.3) is 0 Å². The number of methoxy groups -OCH3 is 1. The van der Waals surface area contributed by atoms with Crippen molar-refractivity contribution in [2.75, 3.05) is 34.0 Å². The molecule has 0 saturated heterocycles. The van der Waals surface area contributed by atoms with Gasteiger partial charge in [0.1, 0.15) is 5.75 Å². The first kappa shape index (κ1) is 23.1. The lowest BCUT2D eigenvalue weighted by atomic mass is 10.1. The molecule has 1 atom stereocenters. The topological polar surface area (TPSA) is 75.6 Å². The number of aliphatic imine (C=N–C) groups is 1. The number of aliphatic hydroxyl groups excluding tert-OH is 1. The highest BCUT2D eigenvalue weighted by molar-refractivity contribution is 14.0. The summed E-state index contributed by atoms with van der Waals surface area (Å²) >= 11 is 0. The van der Waals surface area contributed by atoms with Crippen molar-refractivity contribution in [2.45, 2.75) is 19.6 Å². The van der Waals surface area contributed by atoms with Gasteiger partial charge in [-0.05, 0) is 42.3 Å². The summed E-state index contributed by atoms with van der Waals surface area (Å²) in [7, 11) is 3.58. The van der Waals surface area contributed by atoms with Crippen LogP contribution < -0.4 is 19.5 Å². The molecule has 2 aromatic carbocycles. The Bertz CT molecular complexity index is 814. The number of fused-ring (bicyclic) bond motifs is 1. The monoisotopic (exact) mass is 513 g/mol. The lowest BCUT2D eigenvalue weighted by Gasteiger charge is -2.23. The number of nitrogens with zero attached hydrogens (tertiary/aromatic N) is 2. The van der Waals surface area contributed by atoms with Gasteiger partial charge in [-0.15, -0.1) is 24.0 Å². The molecule has 2 aromatic rings. The molecular weight excluding hydrogens is 485 g/mol. The minimum Gasteiger partial charge on any atom is -0.497 e. The van der Waals surface area contributed by atoms with Crippen LogP contribution in [0.25, 0.3) is 0 Å². The maximum atomic E-state index is 10.5. The molecule has 0 aromatic heterocycles. The average molecular weight is 513 g/mol. The third-order valence-corrected chi connectivity index (χ3v) is 4.47. The summed E-state index contributed by atoms with van der Waals surface area (Å²) < 4.78 is 16.0. The number of halogens is 1. The molecule has 0 amide bonds. The summed E-state index contributed by atoms with van der Waals surface area (Å²) in [5.74, 6) is 3.03. The van der Waals surface area contributed by atoms with Crippen LogP contribution in [0.1, 0.15) is 24.2 Å². The third-order valence-electron chi connectivity index (χ3n) is 4.47. The predicted molar refractivity (Wildman–Crippen MR) is 123 cm³/mol. The van der Waals surface area contributed by atoms with Crippen LogP contribution in [0.5, 0.6) is 17.2 Å². The molecule has 0 aliphatic carbocycles. The van der Waals surface area contributed by atoms with E-state index >= 15 is 0 Å². The Morgan fingerprint density at radius 3 is 2.62 bits per heavy atom. The van der Waals surface area contributed by atoms with E-state index in [1.165, 1.54) is 0 Å². The highest BCUT2D eigenvalue weighted by atomic mass is 127. The number of rotatable bonds is 7. The van der Waals surface area contributed by atoms with Crippen molar-refractivity contribution >= 4 is 29.9 Å². The summed E-state index contributed by atoms with van der Waals surface area (Å²) in [4.78, 5) is 6.61. The molecule has 0 fully saturated rings. The van der Waals surface area contributed by atoms with Crippen molar-refractivity contribution in [2.24, 2.45) is 4.99 Å². The minimum absolute atomic E-state index is 0. The maximum Gasteiger partial charge on any atom is 0.231 e. The Morgan fingerprint density at radius 2 is 1.93 bits per heavy atom. The fourth-order valence-electron chi connectivity index (χ4n) is 2.96. The van der Waals surface area contributed by atoms with E-state index in [-0.39, 0.29) is 37.3 Å². The Hall–Kier alpha value is -2.20. The van der Waals surface area contributed by atoms with Crippen molar-refractivity contribution in [3.63, 3.8) is 0 Å². The highest BCUT2D eigenvalue weighted by Gasteiger charge is 2.15. The summed E-state index contributed by atoms with van der Waals surface area (Å²) in [5.41, 5.74) is 1.90. The van der Waals surface area contributed by atoms with Gasteiger partial charge >= 0.3 is 0 Å². The van der Waals surface area contributed by atoms with Gasteiger partial charge in [0.15, 0.2) is 17.5 Å². The molecule has 8 heteroatoms. The van der Waals surface area contributed by atoms with Crippen molar-refractivity contribution in [3.8, 4) is 17.2 Å². The van der Waals surface area contributed by atoms with Crippen molar-refractivity contribution in [3.05, 3.63) is 53.6 Å². The largest absolute Gasteiger partial charge is 0.497 e. The van der Waals surface area contributed by atoms with E-state index in [1.54, 1.807) is 7.11 Å². The van der Waals surface area contributed by atoms with Crippen LogP contribution in [-0.2, 0) is 6.54 Å². The first-order valence-electron chi connectivity index (χ1n) is 9.30. The molecule has 29 heavy (non-hydrogen) atoms. The van der Waals surface area contributed by atoms with Crippen LogP contribution in [0, 0.1) is 0 Å². The van der Waals surface area contributed by atoms with Crippen LogP contribution in [0.2, 0.25) is 0 Å². The fourth-order valence-corrected chi connectivity index (χ4v) is 2.96. The number of aliphatic hydroxyl groups is 1. The summed E-state index contributed by atoms with van der Waals surface area (Å²) in [6, 6.07) is 13.3. The van der Waals surface area contributed by atoms with E-state index in [2.05, 4.69) is 10.3 Å². The van der Waals surface area contributed by atoms with Crippen molar-refractivity contribution < 1.29 is 19.3 Å². The maximum absolute atomic E-state index is 10.5. The standard InChI is InChI=1S/C21H27N3O4.HI/c1-4-22-21(23-12-18(25)16-6-8-17(26-3)9-7-16)24(2)13-15-5-10-19-20(11-15)28-14-27-19;/h5-11,18,25H,4,12-14H2,1-3H3,(H,22,23);1H. The van der Waals surface area contributed by atoms with Gasteiger partial charge in [-0.25, -0.2) is 0 Å². The van der Waals surface area contributed by atoms with Gasteiger partial charge in [-0.2, -0.15) is 0 Å². The van der Waals surface area contributed by atoms with Crippen molar-refractivity contribution in [1.29, 1.82) is 0 Å². The summed E-state index contributed by atoms with van der Waals surface area (Å²) in [5, 5.41) is 13.7. The molecule has 1 aliphatic rings. The number of guanidine groups is 1. The van der Waals surface area contributed by atoms with Gasteiger partial charge in [0, 0.05) is 20.1 Å². The number of hydrogen-bond donors (Lipinski definition) is 2. The van der Waals surface area contributed by atoms with E-state index in [4.69, 9.17) is 14.2 Å². The summed E-state index contributed by atoms with van der Waals surface area (Å²) in [6.07, 6.45) is -0.682. The molecule has 1 heterocycles. The molecule has 158 valence electrons. The molecule has 7 nitrogen and oxygen atoms in total. The van der Waals surface area contributed by atoms with Crippen LogP contribution in [-0.4, -0.2) is 50.0 Å². The smallest absolute Gasteiger partial charge is 0.231 e. The lowest BCUT2D eigenvalue weighted by Crippen LogP contribution is -2.38. The average Bonchev–Trinajstić information content (AvgIpc) is 3.18. The minimum atomic E-state index is -0.682. The van der Waals surface area contributed by atoms with E-state index in [0.717, 1.165) is 40.9 Å². The molecule has 1 unspecified atom stereocenters. The summed E-state index contributed by atoms with van der Waals surface area (Å²) in [6.45, 7) is 3.94. The zero-order valence-corrected chi connectivity index (χ0v) is 19.3. The van der Waals surface area contributed by atoms with Crippen molar-refractivity contribution in [1.82, 2.24) is 10.2 Å². The zero-order valence-electron chi connectivity index (χ0n) is 16.9. The highest BCUT2D eigenvalue weighted by Crippen LogP contribution is 2.32. The van der Waals surface area contributed by atoms with Crippen LogP contribution in [0.4, 0.5) is 0 Å².